The summed E-state index contributed by atoms with van der Waals surface area (Å²) in [6, 6.07) is 0. The van der Waals surface area contributed by atoms with Gasteiger partial charge in [0.25, 0.3) is 10.1 Å². The fourth-order valence-electron chi connectivity index (χ4n) is 2.22. The SMILES string of the molecule is CC(C)(C)OC(=O)NC[C@H]1CC[C@H](OS(C)(=O)=O)CC1. The van der Waals surface area contributed by atoms with Crippen LogP contribution >= 0.6 is 0 Å². The zero-order valence-corrected chi connectivity index (χ0v) is 13.5. The molecule has 0 aromatic carbocycles. The molecule has 0 atom stereocenters. The number of carbonyl (C=O) groups excluding carboxylic acids is 1. The second kappa shape index (κ2) is 6.76. The van der Waals surface area contributed by atoms with Gasteiger partial charge in [0.05, 0.1) is 12.4 Å². The topological polar surface area (TPSA) is 81.7 Å². The molecule has 1 fully saturated rings. The van der Waals surface area contributed by atoms with Gasteiger partial charge in [-0.3, -0.25) is 4.18 Å². The number of nitrogens with one attached hydrogen (secondary N) is 1. The van der Waals surface area contributed by atoms with Crippen LogP contribution in [0.2, 0.25) is 0 Å². The predicted molar refractivity (Wildman–Crippen MR) is 75.9 cm³/mol. The van der Waals surface area contributed by atoms with Crippen LogP contribution in [0.1, 0.15) is 46.5 Å². The quantitative estimate of drug-likeness (QED) is 0.804. The number of hydrogen-bond acceptors (Lipinski definition) is 5. The van der Waals surface area contributed by atoms with Crippen LogP contribution in [0.25, 0.3) is 0 Å². The van der Waals surface area contributed by atoms with Crippen LogP contribution in [0.4, 0.5) is 4.79 Å². The largest absolute Gasteiger partial charge is 0.444 e. The first kappa shape index (κ1) is 17.2. The number of alkyl carbamates (subject to hydrolysis) is 1. The van der Waals surface area contributed by atoms with E-state index in [0.29, 0.717) is 25.3 Å². The van der Waals surface area contributed by atoms with Crippen LogP contribution in [0.3, 0.4) is 0 Å². The van der Waals surface area contributed by atoms with Gasteiger partial charge in [0.2, 0.25) is 0 Å². The number of hydrogen-bond donors (Lipinski definition) is 1. The molecule has 7 heteroatoms. The van der Waals surface area contributed by atoms with Gasteiger partial charge >= 0.3 is 6.09 Å². The Balaban J connectivity index is 2.24. The maximum absolute atomic E-state index is 11.5. The van der Waals surface area contributed by atoms with Crippen molar-refractivity contribution >= 4 is 16.2 Å². The molecule has 0 aromatic rings. The minimum absolute atomic E-state index is 0.220. The second-order valence-electron chi connectivity index (χ2n) is 6.33. The molecule has 1 rings (SSSR count). The van der Waals surface area contributed by atoms with Crippen molar-refractivity contribution in [2.45, 2.75) is 58.2 Å². The molecule has 1 amide bonds. The lowest BCUT2D eigenvalue weighted by Crippen LogP contribution is -2.36. The molecule has 1 saturated carbocycles. The molecule has 20 heavy (non-hydrogen) atoms. The smallest absolute Gasteiger partial charge is 0.407 e. The van der Waals surface area contributed by atoms with Crippen molar-refractivity contribution in [1.29, 1.82) is 0 Å². The zero-order valence-electron chi connectivity index (χ0n) is 12.6. The molecular weight excluding hydrogens is 282 g/mol. The first-order chi connectivity index (χ1) is 9.05. The summed E-state index contributed by atoms with van der Waals surface area (Å²) in [6.07, 6.45) is 3.53. The van der Waals surface area contributed by atoms with Gasteiger partial charge < -0.3 is 10.1 Å². The average Bonchev–Trinajstić information content (AvgIpc) is 2.23. The van der Waals surface area contributed by atoms with Crippen LogP contribution in [0.5, 0.6) is 0 Å². The second-order valence-corrected chi connectivity index (χ2v) is 7.93. The lowest BCUT2D eigenvalue weighted by atomic mass is 9.87. The molecule has 6 nitrogen and oxygen atoms in total. The molecule has 0 aliphatic heterocycles. The number of amides is 1. The van der Waals surface area contributed by atoms with Gasteiger partial charge in [0, 0.05) is 6.54 Å². The number of rotatable bonds is 4. The van der Waals surface area contributed by atoms with Crippen molar-refractivity contribution in [3.8, 4) is 0 Å². The molecule has 0 unspecified atom stereocenters. The molecule has 1 aliphatic carbocycles. The molecule has 118 valence electrons. The van der Waals surface area contributed by atoms with Crippen LogP contribution in [-0.2, 0) is 19.0 Å². The lowest BCUT2D eigenvalue weighted by Gasteiger charge is -2.28. The molecule has 1 N–H and O–H groups in total. The summed E-state index contributed by atoms with van der Waals surface area (Å²) in [5.41, 5.74) is -0.495. The summed E-state index contributed by atoms with van der Waals surface area (Å²) in [6.45, 7) is 6.02. The summed E-state index contributed by atoms with van der Waals surface area (Å²) >= 11 is 0. The maximum Gasteiger partial charge on any atom is 0.407 e. The van der Waals surface area contributed by atoms with E-state index in [1.54, 1.807) is 0 Å². The Morgan fingerprint density at radius 2 is 1.75 bits per heavy atom. The van der Waals surface area contributed by atoms with E-state index in [1.807, 2.05) is 20.8 Å². The van der Waals surface area contributed by atoms with Gasteiger partial charge in [-0.1, -0.05) is 0 Å². The Labute approximate surface area is 121 Å². The molecule has 0 radical (unpaired) electrons. The third-order valence-electron chi connectivity index (χ3n) is 3.04. The van der Waals surface area contributed by atoms with Gasteiger partial charge in [-0.05, 0) is 52.4 Å². The number of ether oxygens (including phenoxy) is 1. The van der Waals surface area contributed by atoms with Crippen molar-refractivity contribution in [2.75, 3.05) is 12.8 Å². The van der Waals surface area contributed by atoms with E-state index < -0.39 is 21.8 Å². The lowest BCUT2D eigenvalue weighted by molar-refractivity contribution is 0.0509. The fraction of sp³-hybridized carbons (Fsp3) is 0.923. The van der Waals surface area contributed by atoms with Crippen molar-refractivity contribution < 1.29 is 22.1 Å². The van der Waals surface area contributed by atoms with Crippen molar-refractivity contribution in [3.63, 3.8) is 0 Å². The highest BCUT2D eigenvalue weighted by atomic mass is 32.2. The minimum Gasteiger partial charge on any atom is -0.444 e. The van der Waals surface area contributed by atoms with E-state index in [4.69, 9.17) is 8.92 Å². The third-order valence-corrected chi connectivity index (χ3v) is 3.66. The van der Waals surface area contributed by atoms with Gasteiger partial charge in [-0.25, -0.2) is 4.79 Å². The summed E-state index contributed by atoms with van der Waals surface area (Å²) in [4.78, 5) is 11.5. The van der Waals surface area contributed by atoms with Gasteiger partial charge in [0.15, 0.2) is 0 Å². The van der Waals surface area contributed by atoms with Gasteiger partial charge in [-0.2, -0.15) is 8.42 Å². The minimum atomic E-state index is -3.38. The highest BCUT2D eigenvalue weighted by molar-refractivity contribution is 7.86. The van der Waals surface area contributed by atoms with Crippen LogP contribution in [0, 0.1) is 5.92 Å². The summed E-state index contributed by atoms with van der Waals surface area (Å²) in [5, 5.41) is 2.75. The monoisotopic (exact) mass is 307 g/mol. The zero-order chi connectivity index (χ0) is 15.4. The highest BCUT2D eigenvalue weighted by Crippen LogP contribution is 2.26. The molecular formula is C13H25NO5S. The van der Waals surface area contributed by atoms with Gasteiger partial charge in [0.1, 0.15) is 5.60 Å². The fourth-order valence-corrected chi connectivity index (χ4v) is 2.91. The Hall–Kier alpha value is -0.820. The highest BCUT2D eigenvalue weighted by Gasteiger charge is 2.25. The summed E-state index contributed by atoms with van der Waals surface area (Å²) in [7, 11) is -3.38. The summed E-state index contributed by atoms with van der Waals surface area (Å²) in [5.74, 6) is 0.349. The van der Waals surface area contributed by atoms with E-state index in [9.17, 15) is 13.2 Å². The molecule has 1 aliphatic rings. The Bertz CT molecular complexity index is 419. The van der Waals surface area contributed by atoms with E-state index in [1.165, 1.54) is 0 Å². The van der Waals surface area contributed by atoms with E-state index >= 15 is 0 Å². The summed E-state index contributed by atoms with van der Waals surface area (Å²) < 4.78 is 32.2. The van der Waals surface area contributed by atoms with Crippen LogP contribution in [-0.4, -0.2) is 39.0 Å². The van der Waals surface area contributed by atoms with Crippen molar-refractivity contribution in [2.24, 2.45) is 5.92 Å². The Morgan fingerprint density at radius 1 is 1.20 bits per heavy atom. The number of carbonyl (C=O) groups is 1. The normalized spacial score (nSPS) is 24.2. The predicted octanol–water partition coefficient (Wildman–Crippen LogP) is 2.05. The van der Waals surface area contributed by atoms with E-state index in [-0.39, 0.29) is 6.10 Å². The Kier molecular flexibility index (Phi) is 5.82. The average molecular weight is 307 g/mol. The third kappa shape index (κ3) is 7.69. The molecule has 0 heterocycles. The Morgan fingerprint density at radius 3 is 2.20 bits per heavy atom. The van der Waals surface area contributed by atoms with Crippen molar-refractivity contribution in [3.05, 3.63) is 0 Å². The van der Waals surface area contributed by atoms with Crippen LogP contribution < -0.4 is 5.32 Å². The van der Waals surface area contributed by atoms with E-state index in [0.717, 1.165) is 19.1 Å². The molecule has 0 saturated heterocycles. The first-order valence-electron chi connectivity index (χ1n) is 6.90. The maximum atomic E-state index is 11.5. The van der Waals surface area contributed by atoms with Gasteiger partial charge in [-0.15, -0.1) is 0 Å². The van der Waals surface area contributed by atoms with E-state index in [2.05, 4.69) is 5.32 Å². The molecule has 0 bridgehead atoms. The van der Waals surface area contributed by atoms with Crippen molar-refractivity contribution in [1.82, 2.24) is 5.32 Å². The molecule has 0 spiro atoms. The van der Waals surface area contributed by atoms with Crippen LogP contribution in [0.15, 0.2) is 0 Å². The first-order valence-corrected chi connectivity index (χ1v) is 8.72. The standard InChI is InChI=1S/C13H25NO5S/c1-13(2,3)18-12(15)14-9-10-5-7-11(8-6-10)19-20(4,16)17/h10-11H,5-9H2,1-4H3,(H,14,15)/t10-,11-. The molecule has 0 aromatic heterocycles.